The van der Waals surface area contributed by atoms with Crippen molar-refractivity contribution in [3.8, 4) is 11.5 Å². The molecule has 2 rings (SSSR count). The summed E-state index contributed by atoms with van der Waals surface area (Å²) in [7, 11) is 3.25. The average molecular weight is 250 g/mol. The van der Waals surface area contributed by atoms with Gasteiger partial charge in [-0.2, -0.15) is 0 Å². The van der Waals surface area contributed by atoms with Gasteiger partial charge in [-0.15, -0.1) is 0 Å². The van der Waals surface area contributed by atoms with E-state index in [9.17, 15) is 0 Å². The Morgan fingerprint density at radius 1 is 1.17 bits per heavy atom. The van der Waals surface area contributed by atoms with Gasteiger partial charge in [0, 0.05) is 18.3 Å². The van der Waals surface area contributed by atoms with Crippen LogP contribution in [0.2, 0.25) is 0 Å². The fourth-order valence-electron chi connectivity index (χ4n) is 1.67. The van der Waals surface area contributed by atoms with Crippen LogP contribution in [-0.4, -0.2) is 32.5 Å². The Morgan fingerprint density at radius 3 is 2.06 bits per heavy atom. The molecule has 1 aromatic rings. The molecule has 0 spiro atoms. The zero-order valence-electron chi connectivity index (χ0n) is 11.3. The van der Waals surface area contributed by atoms with Gasteiger partial charge in [0.2, 0.25) is 0 Å². The highest BCUT2D eigenvalue weighted by molar-refractivity contribution is 5.83. The Balaban J connectivity index is 0.000000184. The van der Waals surface area contributed by atoms with E-state index >= 15 is 0 Å². The third-order valence-corrected chi connectivity index (χ3v) is 2.83. The lowest BCUT2D eigenvalue weighted by Gasteiger charge is -2.19. The summed E-state index contributed by atoms with van der Waals surface area (Å²) in [5.41, 5.74) is 0.850. The van der Waals surface area contributed by atoms with Crippen LogP contribution in [0.5, 0.6) is 11.5 Å². The molecule has 4 heteroatoms. The van der Waals surface area contributed by atoms with Crippen LogP contribution in [0, 0.1) is 5.41 Å². The first-order valence-electron chi connectivity index (χ1n) is 6.14. The van der Waals surface area contributed by atoms with Gasteiger partial charge in [-0.3, -0.25) is 0 Å². The van der Waals surface area contributed by atoms with Crippen molar-refractivity contribution in [1.82, 2.24) is 5.32 Å². The smallest absolute Gasteiger partial charge is 0.160 e. The number of nitrogens with one attached hydrogen (secondary N) is 2. The van der Waals surface area contributed by atoms with E-state index in [1.54, 1.807) is 14.2 Å². The Labute approximate surface area is 109 Å². The fourth-order valence-corrected chi connectivity index (χ4v) is 1.67. The van der Waals surface area contributed by atoms with Crippen molar-refractivity contribution in [2.45, 2.75) is 25.8 Å². The molecule has 0 radical (unpaired) electrons. The molecule has 4 nitrogen and oxygen atoms in total. The molecular formula is C14H22N2O2. The van der Waals surface area contributed by atoms with Crippen molar-refractivity contribution in [3.05, 3.63) is 24.3 Å². The number of hydrogen-bond acceptors (Lipinski definition) is 4. The maximum absolute atomic E-state index is 7.22. The molecule has 0 aliphatic carbocycles. The van der Waals surface area contributed by atoms with Crippen molar-refractivity contribution in [3.63, 3.8) is 0 Å². The highest BCUT2D eigenvalue weighted by Gasteiger charge is 2.09. The first-order chi connectivity index (χ1) is 8.67. The molecule has 1 aromatic carbocycles. The van der Waals surface area contributed by atoms with Crippen molar-refractivity contribution in [2.75, 3.05) is 20.8 Å². The zero-order valence-corrected chi connectivity index (χ0v) is 11.3. The van der Waals surface area contributed by atoms with Crippen LogP contribution in [0.15, 0.2) is 24.3 Å². The summed E-state index contributed by atoms with van der Waals surface area (Å²) >= 11 is 0. The first kappa shape index (κ1) is 14.5. The summed E-state index contributed by atoms with van der Waals surface area (Å²) in [5.74, 6) is 1.54. The Morgan fingerprint density at radius 2 is 1.72 bits per heavy atom. The van der Waals surface area contributed by atoms with E-state index in [2.05, 4.69) is 12.2 Å². The van der Waals surface area contributed by atoms with Gasteiger partial charge < -0.3 is 20.2 Å². The molecule has 1 heterocycles. The van der Waals surface area contributed by atoms with E-state index in [4.69, 9.17) is 14.9 Å². The fraction of sp³-hybridized carbons (Fsp3) is 0.500. The van der Waals surface area contributed by atoms with Gasteiger partial charge in [0.25, 0.3) is 0 Å². The quantitative estimate of drug-likeness (QED) is 0.848. The first-order valence-corrected chi connectivity index (χ1v) is 6.14. The molecule has 18 heavy (non-hydrogen) atoms. The minimum atomic E-state index is 0.629. The summed E-state index contributed by atoms with van der Waals surface area (Å²) in [5, 5.41) is 10.4. The van der Waals surface area contributed by atoms with Crippen LogP contribution in [0.25, 0.3) is 0 Å². The van der Waals surface area contributed by atoms with Crippen molar-refractivity contribution in [1.29, 1.82) is 5.41 Å². The van der Waals surface area contributed by atoms with Gasteiger partial charge in [-0.05, 0) is 31.9 Å². The van der Waals surface area contributed by atoms with Gasteiger partial charge in [0.05, 0.1) is 14.2 Å². The molecule has 100 valence electrons. The lowest BCUT2D eigenvalue weighted by atomic mass is 10.1. The minimum Gasteiger partial charge on any atom is -0.493 e. The number of methoxy groups -OCH3 is 2. The van der Waals surface area contributed by atoms with Crippen LogP contribution in [0.3, 0.4) is 0 Å². The van der Waals surface area contributed by atoms with Gasteiger partial charge in [0.15, 0.2) is 11.5 Å². The van der Waals surface area contributed by atoms with Crippen LogP contribution in [-0.2, 0) is 0 Å². The standard InChI is InChI=1S/C8H10O2.C6H12N2/c1-9-7-5-3-4-6-8(7)10-2;1-5-2-3-6(7)4-8-5/h3-6H,1-2H3;5,7-8H,2-4H2,1H3. The molecule has 1 aliphatic rings. The molecular weight excluding hydrogens is 228 g/mol. The largest absolute Gasteiger partial charge is 0.493 e. The second kappa shape index (κ2) is 7.71. The lowest BCUT2D eigenvalue weighted by molar-refractivity contribution is 0.355. The molecule has 0 bridgehead atoms. The maximum atomic E-state index is 7.22. The number of para-hydroxylation sites is 2. The number of piperidine rings is 1. The van der Waals surface area contributed by atoms with Gasteiger partial charge in [0.1, 0.15) is 0 Å². The molecule has 1 unspecified atom stereocenters. The summed E-state index contributed by atoms with van der Waals surface area (Å²) in [4.78, 5) is 0. The summed E-state index contributed by atoms with van der Waals surface area (Å²) in [6, 6.07) is 8.16. The van der Waals surface area contributed by atoms with Crippen LogP contribution >= 0.6 is 0 Å². The molecule has 0 aromatic heterocycles. The number of ether oxygens (including phenoxy) is 2. The third-order valence-electron chi connectivity index (χ3n) is 2.83. The van der Waals surface area contributed by atoms with Crippen molar-refractivity contribution >= 4 is 5.71 Å². The molecule has 2 N–H and O–H groups in total. The summed E-state index contributed by atoms with van der Waals surface area (Å²) in [6.07, 6.45) is 2.13. The second-order valence-electron chi connectivity index (χ2n) is 4.28. The van der Waals surface area contributed by atoms with E-state index in [-0.39, 0.29) is 0 Å². The van der Waals surface area contributed by atoms with Gasteiger partial charge in [-0.1, -0.05) is 12.1 Å². The second-order valence-corrected chi connectivity index (χ2v) is 4.28. The van der Waals surface area contributed by atoms with E-state index in [0.29, 0.717) is 6.04 Å². The molecule has 0 amide bonds. The van der Waals surface area contributed by atoms with Crippen molar-refractivity contribution in [2.24, 2.45) is 0 Å². The minimum absolute atomic E-state index is 0.629. The summed E-state index contributed by atoms with van der Waals surface area (Å²) < 4.78 is 10.0. The zero-order chi connectivity index (χ0) is 13.4. The highest BCUT2D eigenvalue weighted by Crippen LogP contribution is 2.24. The topological polar surface area (TPSA) is 54.3 Å². The molecule has 1 atom stereocenters. The molecule has 1 aliphatic heterocycles. The summed E-state index contributed by atoms with van der Waals surface area (Å²) in [6.45, 7) is 2.97. The molecule has 1 fully saturated rings. The third kappa shape index (κ3) is 4.75. The molecule has 1 saturated heterocycles. The monoisotopic (exact) mass is 250 g/mol. The number of rotatable bonds is 2. The maximum Gasteiger partial charge on any atom is 0.160 e. The van der Waals surface area contributed by atoms with Gasteiger partial charge >= 0.3 is 0 Å². The lowest BCUT2D eigenvalue weighted by Crippen LogP contribution is -2.36. The predicted octanol–water partition coefficient (Wildman–Crippen LogP) is 2.48. The SMILES string of the molecule is CC1CCC(=N)CN1.COc1ccccc1OC. The van der Waals surface area contributed by atoms with Crippen LogP contribution < -0.4 is 14.8 Å². The Bertz CT molecular complexity index is 347. The van der Waals surface area contributed by atoms with Gasteiger partial charge in [-0.25, -0.2) is 0 Å². The van der Waals surface area contributed by atoms with E-state index in [1.807, 2.05) is 24.3 Å². The van der Waals surface area contributed by atoms with Crippen LogP contribution in [0.4, 0.5) is 0 Å². The van der Waals surface area contributed by atoms with Crippen molar-refractivity contribution < 1.29 is 9.47 Å². The average Bonchev–Trinajstić information content (AvgIpc) is 2.42. The predicted molar refractivity (Wildman–Crippen MR) is 74.0 cm³/mol. The van der Waals surface area contributed by atoms with E-state index < -0.39 is 0 Å². The van der Waals surface area contributed by atoms with Crippen LogP contribution in [0.1, 0.15) is 19.8 Å². The molecule has 0 saturated carbocycles. The Hall–Kier alpha value is -1.55. The van der Waals surface area contributed by atoms with E-state index in [1.165, 1.54) is 0 Å². The normalized spacial score (nSPS) is 18.6. The number of hydrogen-bond donors (Lipinski definition) is 2. The van der Waals surface area contributed by atoms with E-state index in [0.717, 1.165) is 36.6 Å². The number of benzene rings is 1. The highest BCUT2D eigenvalue weighted by atomic mass is 16.5. The Kier molecular flexibility index (Phi) is 6.22.